The zero-order chi connectivity index (χ0) is 25.5. The average molecular weight is 518 g/mol. The lowest BCUT2D eigenvalue weighted by Gasteiger charge is -2.29. The molecule has 1 aliphatic heterocycles. The van der Waals surface area contributed by atoms with Gasteiger partial charge in [-0.3, -0.25) is 0 Å². The summed E-state index contributed by atoms with van der Waals surface area (Å²) in [6.07, 6.45) is 3.19. The molecule has 1 atom stereocenters. The first-order valence-corrected chi connectivity index (χ1v) is 12.5. The lowest BCUT2D eigenvalue weighted by molar-refractivity contribution is 0.126. The van der Waals surface area contributed by atoms with Gasteiger partial charge < -0.3 is 9.57 Å². The summed E-state index contributed by atoms with van der Waals surface area (Å²) in [6, 6.07) is 30.2. The second-order valence-electron chi connectivity index (χ2n) is 8.93. The monoisotopic (exact) mass is 517 g/mol. The van der Waals surface area contributed by atoms with Crippen LogP contribution in [0.1, 0.15) is 34.0 Å². The standard InChI is InChI=1S/C30H20ClN5O2/c31-23-13-7-5-11-21(23)16-33-37-17-25-34-29-28-26(20-9-2-1-3-10-20)27-22-12-6-4-8-19(22)14-15-24(27)38-30(28)32-18-36(29)35-25/h1-16,18,26H,17H2/b33-16-/t26-/m1/s1. The van der Waals surface area contributed by atoms with Crippen molar-refractivity contribution in [3.63, 3.8) is 0 Å². The van der Waals surface area contributed by atoms with E-state index < -0.39 is 0 Å². The fraction of sp³-hybridized carbons (Fsp3) is 0.0667. The molecule has 3 heterocycles. The highest BCUT2D eigenvalue weighted by molar-refractivity contribution is 6.33. The number of fused-ring (bicyclic) bond motifs is 6. The quantitative estimate of drug-likeness (QED) is 0.186. The van der Waals surface area contributed by atoms with E-state index in [4.69, 9.17) is 26.2 Å². The van der Waals surface area contributed by atoms with E-state index in [-0.39, 0.29) is 12.5 Å². The summed E-state index contributed by atoms with van der Waals surface area (Å²) in [4.78, 5) is 14.9. The molecule has 38 heavy (non-hydrogen) atoms. The van der Waals surface area contributed by atoms with Crippen LogP contribution in [0, 0.1) is 0 Å². The molecule has 2 aromatic heterocycles. The van der Waals surface area contributed by atoms with Gasteiger partial charge in [0.1, 0.15) is 12.1 Å². The molecule has 1 aliphatic rings. The van der Waals surface area contributed by atoms with Crippen LogP contribution in [0.15, 0.2) is 102 Å². The predicted molar refractivity (Wildman–Crippen MR) is 146 cm³/mol. The van der Waals surface area contributed by atoms with Gasteiger partial charge in [0, 0.05) is 22.1 Å². The maximum atomic E-state index is 6.35. The summed E-state index contributed by atoms with van der Waals surface area (Å²) < 4.78 is 8.03. The van der Waals surface area contributed by atoms with Crippen molar-refractivity contribution in [2.24, 2.45) is 5.16 Å². The Morgan fingerprint density at radius 3 is 2.63 bits per heavy atom. The van der Waals surface area contributed by atoms with Crippen molar-refractivity contribution in [2.75, 3.05) is 0 Å². The fourth-order valence-electron chi connectivity index (χ4n) is 4.96. The minimum atomic E-state index is -0.145. The van der Waals surface area contributed by atoms with Crippen LogP contribution in [0.2, 0.25) is 5.02 Å². The summed E-state index contributed by atoms with van der Waals surface area (Å²) in [5.41, 5.74) is 4.50. The third kappa shape index (κ3) is 3.84. The van der Waals surface area contributed by atoms with Gasteiger partial charge in [0.15, 0.2) is 18.1 Å². The van der Waals surface area contributed by atoms with E-state index in [1.165, 1.54) is 0 Å². The third-order valence-electron chi connectivity index (χ3n) is 6.64. The van der Waals surface area contributed by atoms with Gasteiger partial charge in [-0.25, -0.2) is 14.5 Å². The molecule has 6 aromatic rings. The molecule has 0 fully saturated rings. The molecule has 0 bridgehead atoms. The number of aromatic nitrogens is 4. The van der Waals surface area contributed by atoms with Gasteiger partial charge in [0.05, 0.1) is 11.8 Å². The molecule has 184 valence electrons. The van der Waals surface area contributed by atoms with E-state index in [2.05, 4.69) is 51.6 Å². The molecule has 0 aliphatic carbocycles. The summed E-state index contributed by atoms with van der Waals surface area (Å²) in [6.45, 7) is 0.0911. The summed E-state index contributed by atoms with van der Waals surface area (Å²) in [5.74, 6) is 1.64. The van der Waals surface area contributed by atoms with Gasteiger partial charge in [0.25, 0.3) is 0 Å². The second kappa shape index (κ2) is 9.28. The first kappa shape index (κ1) is 22.4. The van der Waals surface area contributed by atoms with Gasteiger partial charge in [-0.2, -0.15) is 0 Å². The maximum absolute atomic E-state index is 6.35. The molecule has 0 saturated heterocycles. The van der Waals surface area contributed by atoms with Crippen LogP contribution in [-0.4, -0.2) is 25.8 Å². The Balaban J connectivity index is 1.31. The highest BCUT2D eigenvalue weighted by atomic mass is 35.5. The molecule has 7 nitrogen and oxygen atoms in total. The highest BCUT2D eigenvalue weighted by Crippen LogP contribution is 2.50. The molecule has 7 rings (SSSR count). The van der Waals surface area contributed by atoms with Crippen LogP contribution < -0.4 is 4.74 Å². The smallest absolute Gasteiger partial charge is 0.228 e. The maximum Gasteiger partial charge on any atom is 0.228 e. The SMILES string of the molecule is Clc1ccccc1/C=N\OCc1nc2c3c(ncn2n1)Oc1ccc2ccccc2c1[C@H]3c1ccccc1. The number of ether oxygens (including phenoxy) is 1. The third-order valence-corrected chi connectivity index (χ3v) is 6.99. The summed E-state index contributed by atoms with van der Waals surface area (Å²) in [7, 11) is 0. The Morgan fingerprint density at radius 2 is 1.74 bits per heavy atom. The van der Waals surface area contributed by atoms with Crippen LogP contribution >= 0.6 is 11.6 Å². The van der Waals surface area contributed by atoms with Crippen molar-refractivity contribution in [1.29, 1.82) is 0 Å². The second-order valence-corrected chi connectivity index (χ2v) is 9.34. The average Bonchev–Trinajstić information content (AvgIpc) is 3.38. The molecule has 0 N–H and O–H groups in total. The molecule has 0 radical (unpaired) electrons. The first-order valence-electron chi connectivity index (χ1n) is 12.1. The number of hydrogen-bond donors (Lipinski definition) is 0. The Kier molecular flexibility index (Phi) is 5.48. The topological polar surface area (TPSA) is 73.9 Å². The molecule has 0 saturated carbocycles. The van der Waals surface area contributed by atoms with Crippen LogP contribution in [0.4, 0.5) is 0 Å². The lowest BCUT2D eigenvalue weighted by Crippen LogP contribution is -2.15. The molecule has 0 amide bonds. The minimum Gasteiger partial charge on any atom is -0.438 e. The van der Waals surface area contributed by atoms with Gasteiger partial charge in [-0.05, 0) is 28.5 Å². The Bertz CT molecular complexity index is 1830. The summed E-state index contributed by atoms with van der Waals surface area (Å²) in [5, 5.41) is 11.5. The number of rotatable bonds is 5. The van der Waals surface area contributed by atoms with Gasteiger partial charge in [-0.1, -0.05) is 95.6 Å². The normalized spacial score (nSPS) is 14.4. The van der Waals surface area contributed by atoms with Crippen molar-refractivity contribution in [1.82, 2.24) is 19.6 Å². The molecular formula is C30H20ClN5O2. The van der Waals surface area contributed by atoms with E-state index in [0.717, 1.165) is 38.8 Å². The molecule has 0 spiro atoms. The fourth-order valence-corrected chi connectivity index (χ4v) is 5.14. The Hall–Kier alpha value is -4.75. The van der Waals surface area contributed by atoms with Gasteiger partial charge in [-0.15, -0.1) is 5.10 Å². The molecular weight excluding hydrogens is 498 g/mol. The number of halogens is 1. The van der Waals surface area contributed by atoms with E-state index >= 15 is 0 Å². The largest absolute Gasteiger partial charge is 0.438 e. The number of nitrogens with zero attached hydrogens (tertiary/aromatic N) is 5. The lowest BCUT2D eigenvalue weighted by atomic mass is 9.81. The van der Waals surface area contributed by atoms with Crippen molar-refractivity contribution >= 4 is 34.2 Å². The van der Waals surface area contributed by atoms with Crippen molar-refractivity contribution in [3.8, 4) is 11.6 Å². The number of oxime groups is 1. The zero-order valence-electron chi connectivity index (χ0n) is 20.0. The van der Waals surface area contributed by atoms with E-state index in [1.54, 1.807) is 23.1 Å². The van der Waals surface area contributed by atoms with Gasteiger partial charge in [0.2, 0.25) is 5.88 Å². The van der Waals surface area contributed by atoms with Crippen molar-refractivity contribution < 1.29 is 9.57 Å². The highest BCUT2D eigenvalue weighted by Gasteiger charge is 2.34. The van der Waals surface area contributed by atoms with E-state index in [1.807, 2.05) is 48.5 Å². The predicted octanol–water partition coefficient (Wildman–Crippen LogP) is 6.77. The van der Waals surface area contributed by atoms with E-state index in [0.29, 0.717) is 22.4 Å². The van der Waals surface area contributed by atoms with Crippen molar-refractivity contribution in [2.45, 2.75) is 12.5 Å². The number of benzene rings is 4. The van der Waals surface area contributed by atoms with E-state index in [9.17, 15) is 0 Å². The van der Waals surface area contributed by atoms with Crippen LogP contribution in [0.5, 0.6) is 11.6 Å². The Labute approximate surface area is 222 Å². The number of hydrogen-bond acceptors (Lipinski definition) is 6. The van der Waals surface area contributed by atoms with Crippen LogP contribution in [0.25, 0.3) is 16.4 Å². The van der Waals surface area contributed by atoms with Crippen LogP contribution in [-0.2, 0) is 11.4 Å². The molecule has 0 unspecified atom stereocenters. The van der Waals surface area contributed by atoms with Gasteiger partial charge >= 0.3 is 0 Å². The van der Waals surface area contributed by atoms with Crippen LogP contribution in [0.3, 0.4) is 0 Å². The first-order chi connectivity index (χ1) is 18.8. The molecule has 8 heteroatoms. The summed E-state index contributed by atoms with van der Waals surface area (Å²) >= 11 is 6.18. The Morgan fingerprint density at radius 1 is 0.921 bits per heavy atom. The molecule has 4 aromatic carbocycles. The minimum absolute atomic E-state index is 0.0911. The zero-order valence-corrected chi connectivity index (χ0v) is 20.8. The van der Waals surface area contributed by atoms with Crippen molar-refractivity contribution in [3.05, 3.63) is 130 Å².